The van der Waals surface area contributed by atoms with Crippen molar-refractivity contribution < 1.29 is 0 Å². The zero-order valence-electron chi connectivity index (χ0n) is 8.59. The van der Waals surface area contributed by atoms with Gasteiger partial charge in [0, 0.05) is 0 Å². The van der Waals surface area contributed by atoms with Crippen molar-refractivity contribution in [2.75, 3.05) is 0 Å². The molecule has 1 rings (SSSR count). The minimum absolute atomic E-state index is 0.0608. The van der Waals surface area contributed by atoms with Crippen LogP contribution in [0.1, 0.15) is 18.5 Å². The number of guanidine groups is 2. The van der Waals surface area contributed by atoms with Gasteiger partial charge in [-0.2, -0.15) is 4.99 Å². The SMILES string of the molecule is CC(N=C(N)N=C(N)N)c1ccccc1. The van der Waals surface area contributed by atoms with Gasteiger partial charge in [0.25, 0.3) is 0 Å². The second kappa shape index (κ2) is 4.99. The zero-order chi connectivity index (χ0) is 11.3. The van der Waals surface area contributed by atoms with E-state index in [0.29, 0.717) is 0 Å². The van der Waals surface area contributed by atoms with Crippen LogP contribution < -0.4 is 17.2 Å². The van der Waals surface area contributed by atoms with Gasteiger partial charge in [-0.15, -0.1) is 0 Å². The second-order valence-corrected chi connectivity index (χ2v) is 3.11. The standard InChI is InChI=1S/C10H15N5/c1-7(8-5-3-2-4-6-8)14-10(13)15-9(11)12/h2-7H,1H3,(H6,11,12,13,14,15). The normalized spacial score (nSPS) is 13.3. The molecule has 5 nitrogen and oxygen atoms in total. The Labute approximate surface area is 88.7 Å². The van der Waals surface area contributed by atoms with E-state index in [1.807, 2.05) is 37.3 Å². The third kappa shape index (κ3) is 3.68. The lowest BCUT2D eigenvalue weighted by Gasteiger charge is -2.06. The predicted molar refractivity (Wildman–Crippen MR) is 62.3 cm³/mol. The maximum Gasteiger partial charge on any atom is 0.219 e. The number of nitrogens with zero attached hydrogens (tertiary/aromatic N) is 2. The topological polar surface area (TPSA) is 103 Å². The van der Waals surface area contributed by atoms with Gasteiger partial charge in [-0.3, -0.25) is 0 Å². The van der Waals surface area contributed by atoms with Gasteiger partial charge < -0.3 is 17.2 Å². The van der Waals surface area contributed by atoms with Crippen LogP contribution in [-0.2, 0) is 0 Å². The Bertz CT molecular complexity index is 365. The summed E-state index contributed by atoms with van der Waals surface area (Å²) in [6.07, 6.45) is 0. The van der Waals surface area contributed by atoms with Crippen molar-refractivity contribution in [1.82, 2.24) is 0 Å². The molecule has 0 amide bonds. The molecule has 0 radical (unpaired) electrons. The molecule has 0 spiro atoms. The molecule has 0 bridgehead atoms. The lowest BCUT2D eigenvalue weighted by Crippen LogP contribution is -2.26. The summed E-state index contributed by atoms with van der Waals surface area (Å²) >= 11 is 0. The molecule has 1 atom stereocenters. The van der Waals surface area contributed by atoms with Gasteiger partial charge in [0.15, 0.2) is 5.96 Å². The van der Waals surface area contributed by atoms with E-state index in [0.717, 1.165) is 5.56 Å². The van der Waals surface area contributed by atoms with E-state index >= 15 is 0 Å². The number of benzene rings is 1. The monoisotopic (exact) mass is 205 g/mol. The van der Waals surface area contributed by atoms with E-state index in [9.17, 15) is 0 Å². The molecule has 5 heteroatoms. The largest absolute Gasteiger partial charge is 0.370 e. The molecule has 1 unspecified atom stereocenters. The van der Waals surface area contributed by atoms with Gasteiger partial charge in [0.2, 0.25) is 5.96 Å². The lowest BCUT2D eigenvalue weighted by molar-refractivity contribution is 0.816. The van der Waals surface area contributed by atoms with Crippen LogP contribution in [-0.4, -0.2) is 11.9 Å². The average molecular weight is 205 g/mol. The van der Waals surface area contributed by atoms with Crippen molar-refractivity contribution in [1.29, 1.82) is 0 Å². The van der Waals surface area contributed by atoms with Crippen LogP contribution in [0.15, 0.2) is 40.3 Å². The highest BCUT2D eigenvalue weighted by Gasteiger charge is 2.02. The maximum atomic E-state index is 5.52. The third-order valence-electron chi connectivity index (χ3n) is 1.85. The first kappa shape index (κ1) is 11.0. The Morgan fingerprint density at radius 3 is 2.27 bits per heavy atom. The van der Waals surface area contributed by atoms with Gasteiger partial charge in [0.1, 0.15) is 0 Å². The minimum Gasteiger partial charge on any atom is -0.370 e. The summed E-state index contributed by atoms with van der Waals surface area (Å²) in [7, 11) is 0. The van der Waals surface area contributed by atoms with E-state index in [1.54, 1.807) is 0 Å². The van der Waals surface area contributed by atoms with Gasteiger partial charge in [0.05, 0.1) is 6.04 Å². The van der Waals surface area contributed by atoms with Crippen LogP contribution in [0.25, 0.3) is 0 Å². The smallest absolute Gasteiger partial charge is 0.219 e. The summed E-state index contributed by atoms with van der Waals surface area (Å²) in [5.74, 6) is 0.00265. The molecular formula is C10H15N5. The van der Waals surface area contributed by atoms with Crippen molar-refractivity contribution in [3.63, 3.8) is 0 Å². The fraction of sp³-hybridized carbons (Fsp3) is 0.200. The van der Waals surface area contributed by atoms with Crippen molar-refractivity contribution in [2.24, 2.45) is 27.2 Å². The van der Waals surface area contributed by atoms with E-state index in [1.165, 1.54) is 0 Å². The molecule has 0 aromatic heterocycles. The fourth-order valence-electron chi connectivity index (χ4n) is 1.17. The summed E-state index contributed by atoms with van der Waals surface area (Å²) in [6.45, 7) is 1.92. The summed E-state index contributed by atoms with van der Waals surface area (Å²) < 4.78 is 0. The highest BCUT2D eigenvalue weighted by molar-refractivity contribution is 5.92. The molecule has 1 aromatic carbocycles. The predicted octanol–water partition coefficient (Wildman–Crippen LogP) is 0.336. The summed E-state index contributed by atoms with van der Waals surface area (Å²) in [4.78, 5) is 7.78. The Kier molecular flexibility index (Phi) is 3.68. The van der Waals surface area contributed by atoms with Crippen LogP contribution in [0.3, 0.4) is 0 Å². The maximum absolute atomic E-state index is 5.52. The number of hydrogen-bond acceptors (Lipinski definition) is 1. The number of hydrogen-bond donors (Lipinski definition) is 3. The minimum atomic E-state index is -0.0866. The molecule has 0 saturated heterocycles. The van der Waals surface area contributed by atoms with E-state index < -0.39 is 0 Å². The zero-order valence-corrected chi connectivity index (χ0v) is 8.59. The van der Waals surface area contributed by atoms with Crippen molar-refractivity contribution in [3.05, 3.63) is 35.9 Å². The second-order valence-electron chi connectivity index (χ2n) is 3.11. The molecule has 80 valence electrons. The molecule has 0 aliphatic carbocycles. The Morgan fingerprint density at radius 2 is 1.73 bits per heavy atom. The van der Waals surface area contributed by atoms with Crippen LogP contribution >= 0.6 is 0 Å². The molecule has 0 aliphatic heterocycles. The first-order valence-electron chi connectivity index (χ1n) is 4.57. The average Bonchev–Trinajstić information content (AvgIpc) is 2.17. The molecule has 15 heavy (non-hydrogen) atoms. The van der Waals surface area contributed by atoms with Crippen LogP contribution in [0.4, 0.5) is 0 Å². The van der Waals surface area contributed by atoms with Gasteiger partial charge in [-0.1, -0.05) is 30.3 Å². The number of aliphatic imine (C=N–C) groups is 2. The lowest BCUT2D eigenvalue weighted by atomic mass is 10.1. The highest BCUT2D eigenvalue weighted by atomic mass is 15.1. The van der Waals surface area contributed by atoms with E-state index in [4.69, 9.17) is 17.2 Å². The van der Waals surface area contributed by atoms with Crippen LogP contribution in [0, 0.1) is 0 Å². The van der Waals surface area contributed by atoms with Crippen molar-refractivity contribution in [2.45, 2.75) is 13.0 Å². The molecule has 0 fully saturated rings. The van der Waals surface area contributed by atoms with Crippen LogP contribution in [0.2, 0.25) is 0 Å². The van der Waals surface area contributed by atoms with Gasteiger partial charge in [-0.25, -0.2) is 4.99 Å². The Balaban J connectivity index is 2.79. The molecule has 0 heterocycles. The van der Waals surface area contributed by atoms with Crippen molar-refractivity contribution in [3.8, 4) is 0 Å². The first-order valence-corrected chi connectivity index (χ1v) is 4.57. The molecule has 0 aliphatic rings. The Hall–Kier alpha value is -2.04. The number of rotatable bonds is 2. The summed E-state index contributed by atoms with van der Waals surface area (Å²) in [5, 5.41) is 0. The van der Waals surface area contributed by atoms with E-state index in [2.05, 4.69) is 9.98 Å². The molecule has 0 saturated carbocycles. The van der Waals surface area contributed by atoms with Crippen LogP contribution in [0.5, 0.6) is 0 Å². The molecular weight excluding hydrogens is 190 g/mol. The third-order valence-corrected chi connectivity index (χ3v) is 1.85. The van der Waals surface area contributed by atoms with Crippen molar-refractivity contribution >= 4 is 11.9 Å². The van der Waals surface area contributed by atoms with Gasteiger partial charge in [-0.05, 0) is 12.5 Å². The highest BCUT2D eigenvalue weighted by Crippen LogP contribution is 2.15. The first-order chi connectivity index (χ1) is 7.09. The van der Waals surface area contributed by atoms with Gasteiger partial charge >= 0.3 is 0 Å². The Morgan fingerprint density at radius 1 is 1.13 bits per heavy atom. The number of nitrogens with two attached hydrogens (primary N) is 3. The fourth-order valence-corrected chi connectivity index (χ4v) is 1.17. The molecule has 1 aromatic rings. The van der Waals surface area contributed by atoms with E-state index in [-0.39, 0.29) is 18.0 Å². The molecule has 6 N–H and O–H groups in total. The summed E-state index contributed by atoms with van der Waals surface area (Å²) in [5.41, 5.74) is 16.9. The summed E-state index contributed by atoms with van der Waals surface area (Å²) in [6, 6.07) is 9.71. The quantitative estimate of drug-likeness (QED) is 0.479.